The quantitative estimate of drug-likeness (QED) is 0.471. The van der Waals surface area contributed by atoms with E-state index in [9.17, 15) is 4.79 Å². The highest BCUT2D eigenvalue weighted by atomic mass is 16.1. The maximum atomic E-state index is 12.9. The van der Waals surface area contributed by atoms with Crippen molar-refractivity contribution in [2.45, 2.75) is 59.8 Å². The lowest BCUT2D eigenvalue weighted by Gasteiger charge is -2.29. The number of carbonyl (C=O) groups is 1. The summed E-state index contributed by atoms with van der Waals surface area (Å²) in [6.45, 7) is 16.1. The van der Waals surface area contributed by atoms with Crippen LogP contribution in [0, 0.1) is 13.8 Å². The molecule has 0 N–H and O–H groups in total. The van der Waals surface area contributed by atoms with Crippen molar-refractivity contribution >= 4 is 11.5 Å². The molecule has 2 rings (SSSR count). The van der Waals surface area contributed by atoms with E-state index in [-0.39, 0.29) is 5.78 Å². The summed E-state index contributed by atoms with van der Waals surface area (Å²) < 4.78 is 0. The van der Waals surface area contributed by atoms with Crippen LogP contribution in [-0.2, 0) is 10.2 Å². The Morgan fingerprint density at radius 2 is 1.79 bits per heavy atom. The van der Waals surface area contributed by atoms with Gasteiger partial charge in [-0.1, -0.05) is 35.9 Å². The van der Waals surface area contributed by atoms with Crippen LogP contribution < -0.4 is 0 Å². The molecule has 0 saturated heterocycles. The highest BCUT2D eigenvalue weighted by Gasteiger charge is 2.44. The summed E-state index contributed by atoms with van der Waals surface area (Å²) in [7, 11) is 4.03. The van der Waals surface area contributed by atoms with Gasteiger partial charge in [0, 0.05) is 26.2 Å². The van der Waals surface area contributed by atoms with Gasteiger partial charge in [-0.15, -0.1) is 0 Å². The molecule has 28 heavy (non-hydrogen) atoms. The topological polar surface area (TPSA) is 32.7 Å². The molecular weight excluding hydrogens is 344 g/mol. The summed E-state index contributed by atoms with van der Waals surface area (Å²) in [5.41, 5.74) is 8.29. The number of aliphatic imine (C=N–C) groups is 1. The average molecular weight is 379 g/mol. The van der Waals surface area contributed by atoms with E-state index in [0.717, 1.165) is 34.7 Å². The Balaban J connectivity index is 2.50. The molecule has 0 saturated carbocycles. The van der Waals surface area contributed by atoms with Crippen molar-refractivity contribution in [1.29, 1.82) is 0 Å². The number of rotatable bonds is 6. The van der Waals surface area contributed by atoms with E-state index in [1.807, 2.05) is 34.0 Å². The molecule has 0 radical (unpaired) electrons. The number of benzene rings is 1. The monoisotopic (exact) mass is 378 g/mol. The van der Waals surface area contributed by atoms with Crippen molar-refractivity contribution in [2.75, 3.05) is 14.1 Å². The molecule has 150 valence electrons. The Kier molecular flexibility index (Phi) is 6.48. The van der Waals surface area contributed by atoms with Gasteiger partial charge in [-0.05, 0) is 70.7 Å². The molecule has 0 bridgehead atoms. The Bertz CT molecular complexity index is 899. The van der Waals surface area contributed by atoms with E-state index >= 15 is 0 Å². The second-order valence-electron chi connectivity index (χ2n) is 8.43. The van der Waals surface area contributed by atoms with Gasteiger partial charge >= 0.3 is 0 Å². The zero-order valence-corrected chi connectivity index (χ0v) is 18.7. The van der Waals surface area contributed by atoms with Gasteiger partial charge in [0.1, 0.15) is 5.78 Å². The number of allylic oxidation sites excluding steroid dienone is 5. The van der Waals surface area contributed by atoms with Crippen LogP contribution in [0.4, 0.5) is 0 Å². The lowest BCUT2D eigenvalue weighted by atomic mass is 9.72. The van der Waals surface area contributed by atoms with Crippen LogP contribution in [-0.4, -0.2) is 30.5 Å². The first-order valence-corrected chi connectivity index (χ1v) is 9.86. The third-order valence-corrected chi connectivity index (χ3v) is 5.86. The van der Waals surface area contributed by atoms with Crippen LogP contribution in [0.15, 0.2) is 58.4 Å². The molecule has 0 unspecified atom stereocenters. The van der Waals surface area contributed by atoms with Crippen LogP contribution in [0.1, 0.15) is 57.2 Å². The number of hydrogen-bond acceptors (Lipinski definition) is 3. The van der Waals surface area contributed by atoms with Gasteiger partial charge in [-0.25, -0.2) is 0 Å². The van der Waals surface area contributed by atoms with Crippen LogP contribution in [0.2, 0.25) is 0 Å². The van der Waals surface area contributed by atoms with Gasteiger partial charge < -0.3 is 4.90 Å². The molecule has 1 aromatic carbocycles. The second-order valence-corrected chi connectivity index (χ2v) is 8.43. The third-order valence-electron chi connectivity index (χ3n) is 5.86. The normalized spacial score (nSPS) is 20.6. The first-order valence-electron chi connectivity index (χ1n) is 9.86. The first-order chi connectivity index (χ1) is 13.0. The van der Waals surface area contributed by atoms with E-state index < -0.39 is 5.41 Å². The van der Waals surface area contributed by atoms with Gasteiger partial charge in [0.15, 0.2) is 0 Å². The number of carbonyl (C=O) groups excluding carboxylic acids is 1. The van der Waals surface area contributed by atoms with E-state index in [1.54, 1.807) is 6.92 Å². The number of aryl methyl sites for hydroxylation is 1. The molecule has 1 aliphatic carbocycles. The number of ketones is 1. The lowest BCUT2D eigenvalue weighted by Crippen LogP contribution is -2.33. The SMILES string of the molecule is C=C(C)/C=C(/C(C)=N/C1=C(C)C[C@@](C(C)=O)(c2cccc(C)c2C)C1)N(C)C. The molecule has 0 amide bonds. The molecule has 0 spiro atoms. The van der Waals surface area contributed by atoms with Crippen LogP contribution in [0.5, 0.6) is 0 Å². The Morgan fingerprint density at radius 3 is 2.32 bits per heavy atom. The van der Waals surface area contributed by atoms with Gasteiger partial charge in [0.2, 0.25) is 0 Å². The van der Waals surface area contributed by atoms with Crippen molar-refractivity contribution in [3.8, 4) is 0 Å². The standard InChI is InChI=1S/C25H34N2O/c1-16(2)13-24(27(8)9)20(6)26-23-15-25(21(7)28,14-18(23)4)22-12-10-11-17(3)19(22)5/h10-13H,1,14-15H2,2-9H3/b24-13-,26-20+/t25-/m1/s1. The zero-order valence-electron chi connectivity index (χ0n) is 18.7. The van der Waals surface area contributed by atoms with Crippen LogP contribution in [0.25, 0.3) is 0 Å². The molecular formula is C25H34N2O. The molecule has 3 heteroatoms. The molecule has 0 aliphatic heterocycles. The fraction of sp³-hybridized carbons (Fsp3) is 0.440. The smallest absolute Gasteiger partial charge is 0.141 e. The predicted molar refractivity (Wildman–Crippen MR) is 120 cm³/mol. The van der Waals surface area contributed by atoms with Gasteiger partial charge in [-0.3, -0.25) is 9.79 Å². The fourth-order valence-corrected chi connectivity index (χ4v) is 4.14. The Morgan fingerprint density at radius 1 is 1.14 bits per heavy atom. The average Bonchev–Trinajstić information content (AvgIpc) is 2.92. The number of hydrogen-bond donors (Lipinski definition) is 0. The van der Waals surface area contributed by atoms with Crippen molar-refractivity contribution < 1.29 is 4.79 Å². The van der Waals surface area contributed by atoms with Gasteiger partial charge in [0.25, 0.3) is 0 Å². The summed E-state index contributed by atoms with van der Waals surface area (Å²) in [5.74, 6) is 0.216. The van der Waals surface area contributed by atoms with Gasteiger partial charge in [-0.2, -0.15) is 0 Å². The summed E-state index contributed by atoms with van der Waals surface area (Å²) in [6, 6.07) is 6.28. The first kappa shape index (κ1) is 21.9. The lowest BCUT2D eigenvalue weighted by molar-refractivity contribution is -0.122. The second kappa shape index (κ2) is 8.30. The van der Waals surface area contributed by atoms with Crippen LogP contribution in [0.3, 0.4) is 0 Å². The van der Waals surface area contributed by atoms with Crippen molar-refractivity contribution in [1.82, 2.24) is 4.90 Å². The largest absolute Gasteiger partial charge is 0.376 e. The highest BCUT2D eigenvalue weighted by Crippen LogP contribution is 2.47. The van der Waals surface area contributed by atoms with E-state index in [4.69, 9.17) is 4.99 Å². The fourth-order valence-electron chi connectivity index (χ4n) is 4.14. The van der Waals surface area contributed by atoms with Gasteiger partial charge in [0.05, 0.1) is 16.8 Å². The van der Waals surface area contributed by atoms with Crippen molar-refractivity contribution in [3.05, 3.63) is 70.1 Å². The predicted octanol–water partition coefficient (Wildman–Crippen LogP) is 5.68. The van der Waals surface area contributed by atoms with Crippen LogP contribution >= 0.6 is 0 Å². The number of nitrogens with zero attached hydrogens (tertiary/aromatic N) is 2. The summed E-state index contributed by atoms with van der Waals surface area (Å²) in [5, 5.41) is 0. The molecule has 1 atom stereocenters. The third kappa shape index (κ3) is 4.19. The molecule has 0 aromatic heterocycles. The molecule has 1 aliphatic rings. The molecule has 0 fully saturated rings. The summed E-state index contributed by atoms with van der Waals surface area (Å²) >= 11 is 0. The Hall–Kier alpha value is -2.42. The van der Waals surface area contributed by atoms with Crippen molar-refractivity contribution in [2.24, 2.45) is 4.99 Å². The van der Waals surface area contributed by atoms with E-state index in [2.05, 4.69) is 50.4 Å². The highest BCUT2D eigenvalue weighted by molar-refractivity contribution is 5.99. The summed E-state index contributed by atoms with van der Waals surface area (Å²) in [4.78, 5) is 19.9. The minimum atomic E-state index is -0.504. The maximum Gasteiger partial charge on any atom is 0.141 e. The zero-order chi connectivity index (χ0) is 21.2. The Labute approximate surface area is 170 Å². The summed E-state index contributed by atoms with van der Waals surface area (Å²) in [6.07, 6.45) is 3.44. The maximum absolute atomic E-state index is 12.9. The molecule has 3 nitrogen and oxygen atoms in total. The minimum absolute atomic E-state index is 0.216. The molecule has 0 heterocycles. The molecule has 1 aromatic rings. The number of Topliss-reactive ketones (excluding diaryl/α,β-unsaturated/α-hetero) is 1. The minimum Gasteiger partial charge on any atom is -0.376 e. The van der Waals surface area contributed by atoms with E-state index in [0.29, 0.717) is 6.42 Å². The van der Waals surface area contributed by atoms with Crippen molar-refractivity contribution in [3.63, 3.8) is 0 Å². The van der Waals surface area contributed by atoms with E-state index in [1.165, 1.54) is 16.7 Å².